The van der Waals surface area contributed by atoms with Crippen LogP contribution < -0.4 is 10.5 Å². The maximum absolute atomic E-state index is 5.96. The van der Waals surface area contributed by atoms with E-state index in [1.807, 2.05) is 12.1 Å². The van der Waals surface area contributed by atoms with Crippen molar-refractivity contribution in [1.82, 2.24) is 0 Å². The quantitative estimate of drug-likeness (QED) is 0.816. The Hall–Kier alpha value is -1.22. The van der Waals surface area contributed by atoms with Crippen molar-refractivity contribution in [1.29, 1.82) is 0 Å². The summed E-state index contributed by atoms with van der Waals surface area (Å²) >= 11 is 0. The van der Waals surface area contributed by atoms with Crippen LogP contribution in [0, 0.1) is 5.92 Å². The van der Waals surface area contributed by atoms with Crippen LogP contribution in [0.3, 0.4) is 0 Å². The highest BCUT2D eigenvalue weighted by Crippen LogP contribution is 2.24. The van der Waals surface area contributed by atoms with Crippen LogP contribution in [0.4, 0.5) is 5.69 Å². The molecule has 0 atom stereocenters. The van der Waals surface area contributed by atoms with Gasteiger partial charge in [-0.25, -0.2) is 0 Å². The van der Waals surface area contributed by atoms with Crippen LogP contribution in [0.2, 0.25) is 0 Å². The summed E-state index contributed by atoms with van der Waals surface area (Å²) < 4.78 is 11.1. The molecule has 17 heavy (non-hydrogen) atoms. The predicted molar refractivity (Wildman–Crippen MR) is 69.3 cm³/mol. The normalized spacial score (nSPS) is 17.0. The first-order valence-electron chi connectivity index (χ1n) is 6.38. The molecule has 3 nitrogen and oxygen atoms in total. The maximum atomic E-state index is 5.96. The molecule has 0 unspecified atom stereocenters. The van der Waals surface area contributed by atoms with Gasteiger partial charge < -0.3 is 15.2 Å². The third kappa shape index (κ3) is 3.37. The molecule has 1 fully saturated rings. The van der Waals surface area contributed by atoms with Gasteiger partial charge in [0.15, 0.2) is 0 Å². The average Bonchev–Trinajstić information content (AvgIpc) is 2.38. The molecule has 0 amide bonds. The Morgan fingerprint density at radius 1 is 1.35 bits per heavy atom. The molecule has 1 aromatic carbocycles. The van der Waals surface area contributed by atoms with Gasteiger partial charge in [0, 0.05) is 13.2 Å². The largest absolute Gasteiger partial charge is 0.491 e. The van der Waals surface area contributed by atoms with Crippen molar-refractivity contribution in [2.24, 2.45) is 5.92 Å². The SMILES string of the molecule is CCc1ccc(OCC2CCOCC2)c(N)c1. The Bertz CT molecular complexity index is 359. The summed E-state index contributed by atoms with van der Waals surface area (Å²) in [6.07, 6.45) is 3.18. The highest BCUT2D eigenvalue weighted by molar-refractivity contribution is 5.54. The molecule has 0 spiro atoms. The highest BCUT2D eigenvalue weighted by atomic mass is 16.5. The second-order valence-corrected chi connectivity index (χ2v) is 4.59. The van der Waals surface area contributed by atoms with Gasteiger partial charge in [-0.15, -0.1) is 0 Å². The first-order valence-corrected chi connectivity index (χ1v) is 6.38. The zero-order chi connectivity index (χ0) is 12.1. The van der Waals surface area contributed by atoms with Crippen LogP contribution in [0.15, 0.2) is 18.2 Å². The zero-order valence-corrected chi connectivity index (χ0v) is 10.4. The Kier molecular flexibility index (Phi) is 4.26. The summed E-state index contributed by atoms with van der Waals surface area (Å²) in [4.78, 5) is 0. The van der Waals surface area contributed by atoms with Crippen molar-refractivity contribution in [3.8, 4) is 5.75 Å². The van der Waals surface area contributed by atoms with Gasteiger partial charge in [0.25, 0.3) is 0 Å². The van der Waals surface area contributed by atoms with Gasteiger partial charge in [0.2, 0.25) is 0 Å². The van der Waals surface area contributed by atoms with Crippen LogP contribution in [0.25, 0.3) is 0 Å². The lowest BCUT2D eigenvalue weighted by Crippen LogP contribution is -2.21. The van der Waals surface area contributed by atoms with E-state index in [-0.39, 0.29) is 0 Å². The zero-order valence-electron chi connectivity index (χ0n) is 10.4. The first-order chi connectivity index (χ1) is 8.29. The van der Waals surface area contributed by atoms with E-state index in [0.717, 1.165) is 50.5 Å². The van der Waals surface area contributed by atoms with Crippen molar-refractivity contribution < 1.29 is 9.47 Å². The Morgan fingerprint density at radius 3 is 2.76 bits per heavy atom. The molecule has 1 aliphatic heterocycles. The lowest BCUT2D eigenvalue weighted by atomic mass is 10.0. The molecule has 1 aromatic rings. The molecule has 2 N–H and O–H groups in total. The van der Waals surface area contributed by atoms with E-state index < -0.39 is 0 Å². The fourth-order valence-electron chi connectivity index (χ4n) is 2.07. The van der Waals surface area contributed by atoms with Crippen molar-refractivity contribution in [3.63, 3.8) is 0 Å². The number of benzene rings is 1. The predicted octanol–water partition coefficient (Wildman–Crippen LogP) is 2.64. The molecule has 0 radical (unpaired) electrons. The third-order valence-electron chi connectivity index (χ3n) is 3.30. The van der Waals surface area contributed by atoms with Gasteiger partial charge in [0.1, 0.15) is 5.75 Å². The molecule has 0 bridgehead atoms. The van der Waals surface area contributed by atoms with Crippen LogP contribution in [0.1, 0.15) is 25.3 Å². The second-order valence-electron chi connectivity index (χ2n) is 4.59. The fraction of sp³-hybridized carbons (Fsp3) is 0.571. The molecule has 94 valence electrons. The van der Waals surface area contributed by atoms with Crippen molar-refractivity contribution >= 4 is 5.69 Å². The van der Waals surface area contributed by atoms with Crippen LogP contribution in [0.5, 0.6) is 5.75 Å². The van der Waals surface area contributed by atoms with E-state index >= 15 is 0 Å². The van der Waals surface area contributed by atoms with Crippen molar-refractivity contribution in [3.05, 3.63) is 23.8 Å². The molecule has 2 rings (SSSR count). The number of anilines is 1. The minimum atomic E-state index is 0.606. The molecular weight excluding hydrogens is 214 g/mol. The Morgan fingerprint density at radius 2 is 2.12 bits per heavy atom. The second kappa shape index (κ2) is 5.92. The molecule has 1 saturated heterocycles. The number of hydrogen-bond acceptors (Lipinski definition) is 3. The van der Waals surface area contributed by atoms with E-state index in [2.05, 4.69) is 13.0 Å². The van der Waals surface area contributed by atoms with Gasteiger partial charge >= 0.3 is 0 Å². The molecule has 0 saturated carbocycles. The number of nitrogens with two attached hydrogens (primary N) is 1. The number of aryl methyl sites for hydroxylation is 1. The fourth-order valence-corrected chi connectivity index (χ4v) is 2.07. The van der Waals surface area contributed by atoms with E-state index in [1.165, 1.54) is 5.56 Å². The first kappa shape index (κ1) is 12.2. The van der Waals surface area contributed by atoms with E-state index in [1.54, 1.807) is 0 Å². The standard InChI is InChI=1S/C14H21NO2/c1-2-11-3-4-14(13(15)9-11)17-10-12-5-7-16-8-6-12/h3-4,9,12H,2,5-8,10,15H2,1H3. The van der Waals surface area contributed by atoms with Gasteiger partial charge in [-0.3, -0.25) is 0 Å². The molecule has 3 heteroatoms. The summed E-state index contributed by atoms with van der Waals surface area (Å²) in [5, 5.41) is 0. The van der Waals surface area contributed by atoms with E-state index in [9.17, 15) is 0 Å². The van der Waals surface area contributed by atoms with Crippen LogP contribution >= 0.6 is 0 Å². The summed E-state index contributed by atoms with van der Waals surface area (Å²) in [7, 11) is 0. The smallest absolute Gasteiger partial charge is 0.142 e. The van der Waals surface area contributed by atoms with Crippen LogP contribution in [-0.2, 0) is 11.2 Å². The average molecular weight is 235 g/mol. The summed E-state index contributed by atoms with van der Waals surface area (Å²) in [6, 6.07) is 6.06. The maximum Gasteiger partial charge on any atom is 0.142 e. The summed E-state index contributed by atoms with van der Waals surface area (Å²) in [5.41, 5.74) is 7.96. The van der Waals surface area contributed by atoms with Gasteiger partial charge in [-0.1, -0.05) is 13.0 Å². The molecule has 0 aliphatic carbocycles. The molecular formula is C14H21NO2. The lowest BCUT2D eigenvalue weighted by molar-refractivity contribution is 0.0499. The number of hydrogen-bond donors (Lipinski definition) is 1. The number of nitrogen functional groups attached to an aromatic ring is 1. The minimum Gasteiger partial charge on any atom is -0.491 e. The lowest BCUT2D eigenvalue weighted by Gasteiger charge is -2.22. The van der Waals surface area contributed by atoms with Crippen LogP contribution in [-0.4, -0.2) is 19.8 Å². The number of ether oxygens (including phenoxy) is 2. The highest BCUT2D eigenvalue weighted by Gasteiger charge is 2.14. The van der Waals surface area contributed by atoms with Gasteiger partial charge in [-0.2, -0.15) is 0 Å². The minimum absolute atomic E-state index is 0.606. The van der Waals surface area contributed by atoms with Gasteiger partial charge in [0.05, 0.1) is 12.3 Å². The van der Waals surface area contributed by atoms with E-state index in [0.29, 0.717) is 5.92 Å². The Balaban J connectivity index is 1.89. The van der Waals surface area contributed by atoms with Crippen molar-refractivity contribution in [2.45, 2.75) is 26.2 Å². The van der Waals surface area contributed by atoms with Gasteiger partial charge in [-0.05, 0) is 42.9 Å². The van der Waals surface area contributed by atoms with E-state index in [4.69, 9.17) is 15.2 Å². The molecule has 1 aliphatic rings. The molecule has 1 heterocycles. The summed E-state index contributed by atoms with van der Waals surface area (Å²) in [5.74, 6) is 1.42. The summed E-state index contributed by atoms with van der Waals surface area (Å²) in [6.45, 7) is 4.59. The molecule has 0 aromatic heterocycles. The third-order valence-corrected chi connectivity index (χ3v) is 3.30. The monoisotopic (exact) mass is 235 g/mol. The topological polar surface area (TPSA) is 44.5 Å². The number of rotatable bonds is 4. The van der Waals surface area contributed by atoms with Crippen molar-refractivity contribution in [2.75, 3.05) is 25.6 Å². The Labute approximate surface area is 103 Å².